The van der Waals surface area contributed by atoms with Crippen LogP contribution in [-0.4, -0.2) is 8.07 Å². The van der Waals surface area contributed by atoms with Crippen molar-refractivity contribution in [3.8, 4) is 0 Å². The zero-order valence-corrected chi connectivity index (χ0v) is 12.1. The van der Waals surface area contributed by atoms with Gasteiger partial charge in [-0.2, -0.15) is 13.2 Å². The maximum Gasteiger partial charge on any atom is 0.416 e. The summed E-state index contributed by atoms with van der Waals surface area (Å²) in [4.78, 5) is 0. The van der Waals surface area contributed by atoms with Gasteiger partial charge in [-0.15, -0.1) is 6.58 Å². The normalized spacial score (nSPS) is 12.6. The lowest BCUT2D eigenvalue weighted by Crippen LogP contribution is -2.40. The van der Waals surface area contributed by atoms with E-state index in [0.29, 0.717) is 12.8 Å². The van der Waals surface area contributed by atoms with Gasteiger partial charge in [0, 0.05) is 0 Å². The average Bonchev–Trinajstić information content (AvgIpc) is 2.23. The monoisotopic (exact) mass is 272 g/mol. The second kappa shape index (κ2) is 5.30. The zero-order valence-electron chi connectivity index (χ0n) is 11.1. The third kappa shape index (κ3) is 3.73. The number of aryl methyl sites for hydroxylation is 1. The average molecular weight is 272 g/mol. The topological polar surface area (TPSA) is 0 Å². The van der Waals surface area contributed by atoms with Gasteiger partial charge in [-0.25, -0.2) is 0 Å². The highest BCUT2D eigenvalue weighted by atomic mass is 28.3. The number of halogens is 3. The quantitative estimate of drug-likeness (QED) is 0.564. The van der Waals surface area contributed by atoms with Crippen LogP contribution < -0.4 is 5.19 Å². The van der Waals surface area contributed by atoms with Gasteiger partial charge in [-0.05, 0) is 24.5 Å². The summed E-state index contributed by atoms with van der Waals surface area (Å²) in [7, 11) is -1.61. The fourth-order valence-corrected chi connectivity index (χ4v) is 3.71. The molecule has 4 heteroatoms. The number of alkyl halides is 3. The minimum absolute atomic E-state index is 0.552. The van der Waals surface area contributed by atoms with Crippen LogP contribution in [0.1, 0.15) is 17.5 Å². The van der Waals surface area contributed by atoms with Crippen LogP contribution in [0, 0.1) is 0 Å². The molecule has 0 amide bonds. The minimum Gasteiger partial charge on any atom is -0.166 e. The molecule has 1 rings (SSSR count). The molecule has 1 aromatic carbocycles. The van der Waals surface area contributed by atoms with Crippen LogP contribution in [0.3, 0.4) is 0 Å². The van der Waals surface area contributed by atoms with Gasteiger partial charge in [-0.1, -0.05) is 43.0 Å². The standard InChI is InChI=1S/C14H19F3Si/c1-5-6-7-11-10-12(14(15,16)17)8-9-13(11)18(2,3)4/h5,8-10H,1,6-7H2,2-4H3. The minimum atomic E-state index is -4.26. The van der Waals surface area contributed by atoms with E-state index in [1.807, 2.05) is 0 Å². The van der Waals surface area contributed by atoms with E-state index in [9.17, 15) is 13.2 Å². The van der Waals surface area contributed by atoms with Crippen LogP contribution in [0.4, 0.5) is 13.2 Å². The first-order valence-corrected chi connectivity index (χ1v) is 9.48. The summed E-state index contributed by atoms with van der Waals surface area (Å²) >= 11 is 0. The summed E-state index contributed by atoms with van der Waals surface area (Å²) < 4.78 is 38.1. The lowest BCUT2D eigenvalue weighted by atomic mass is 10.1. The van der Waals surface area contributed by atoms with Gasteiger partial charge in [0.2, 0.25) is 0 Å². The summed E-state index contributed by atoms with van der Waals surface area (Å²) in [6.45, 7) is 10.1. The van der Waals surface area contributed by atoms with E-state index in [4.69, 9.17) is 0 Å². The molecule has 0 aliphatic carbocycles. The van der Waals surface area contributed by atoms with Crippen molar-refractivity contribution >= 4 is 13.3 Å². The Morgan fingerprint density at radius 2 is 1.83 bits per heavy atom. The van der Waals surface area contributed by atoms with Crippen LogP contribution in [0.5, 0.6) is 0 Å². The van der Waals surface area contributed by atoms with Crippen molar-refractivity contribution in [2.75, 3.05) is 0 Å². The second-order valence-electron chi connectivity index (χ2n) is 5.45. The summed E-state index contributed by atoms with van der Waals surface area (Å²) in [5, 5.41) is 1.11. The Hall–Kier alpha value is -1.03. The number of rotatable bonds is 4. The maximum atomic E-state index is 12.7. The molecule has 1 aromatic rings. The molecular formula is C14H19F3Si. The highest BCUT2D eigenvalue weighted by molar-refractivity contribution is 6.89. The van der Waals surface area contributed by atoms with Gasteiger partial charge in [0.1, 0.15) is 0 Å². The van der Waals surface area contributed by atoms with E-state index in [0.717, 1.165) is 10.8 Å². The van der Waals surface area contributed by atoms with Gasteiger partial charge in [-0.3, -0.25) is 0 Å². The van der Waals surface area contributed by atoms with Crippen LogP contribution in [0.25, 0.3) is 0 Å². The molecule has 0 aliphatic heterocycles. The van der Waals surface area contributed by atoms with Crippen LogP contribution in [-0.2, 0) is 12.6 Å². The van der Waals surface area contributed by atoms with E-state index in [2.05, 4.69) is 26.2 Å². The molecule has 0 aliphatic rings. The molecular weight excluding hydrogens is 253 g/mol. The van der Waals surface area contributed by atoms with Crippen molar-refractivity contribution in [3.05, 3.63) is 42.0 Å². The predicted molar refractivity (Wildman–Crippen MR) is 72.9 cm³/mol. The fraction of sp³-hybridized carbons (Fsp3) is 0.429. The van der Waals surface area contributed by atoms with Crippen molar-refractivity contribution in [1.82, 2.24) is 0 Å². The molecule has 0 aromatic heterocycles. The first kappa shape index (κ1) is 15.0. The first-order chi connectivity index (χ1) is 8.16. The summed E-state index contributed by atoms with van der Waals surface area (Å²) in [6, 6.07) is 4.16. The Morgan fingerprint density at radius 3 is 2.28 bits per heavy atom. The third-order valence-electron chi connectivity index (χ3n) is 2.86. The fourth-order valence-electron chi connectivity index (χ4n) is 1.97. The molecule has 0 nitrogen and oxygen atoms in total. The van der Waals surface area contributed by atoms with Crippen molar-refractivity contribution in [2.45, 2.75) is 38.7 Å². The summed E-state index contributed by atoms with van der Waals surface area (Å²) in [5.41, 5.74) is 0.271. The number of hydrogen-bond donors (Lipinski definition) is 0. The largest absolute Gasteiger partial charge is 0.416 e. The summed E-state index contributed by atoms with van der Waals surface area (Å²) in [6.07, 6.45) is -1.18. The Bertz CT molecular complexity index is 428. The van der Waals surface area contributed by atoms with E-state index < -0.39 is 19.8 Å². The molecule has 0 radical (unpaired) electrons. The van der Waals surface area contributed by atoms with Crippen LogP contribution in [0.2, 0.25) is 19.6 Å². The first-order valence-electron chi connectivity index (χ1n) is 5.98. The second-order valence-corrected chi connectivity index (χ2v) is 10.5. The lowest BCUT2D eigenvalue weighted by Gasteiger charge is -2.22. The van der Waals surface area contributed by atoms with Crippen molar-refractivity contribution in [1.29, 1.82) is 0 Å². The van der Waals surface area contributed by atoms with Gasteiger partial charge >= 0.3 is 6.18 Å². The molecule has 0 saturated carbocycles. The Balaban J connectivity index is 3.25. The van der Waals surface area contributed by atoms with Gasteiger partial charge in [0.15, 0.2) is 0 Å². The van der Waals surface area contributed by atoms with E-state index >= 15 is 0 Å². The van der Waals surface area contributed by atoms with Crippen LogP contribution in [0.15, 0.2) is 30.9 Å². The highest BCUT2D eigenvalue weighted by Crippen LogP contribution is 2.30. The number of hydrogen-bond acceptors (Lipinski definition) is 0. The van der Waals surface area contributed by atoms with Gasteiger partial charge in [0.05, 0.1) is 13.6 Å². The maximum absolute atomic E-state index is 12.7. The van der Waals surface area contributed by atoms with Crippen molar-refractivity contribution in [2.24, 2.45) is 0 Å². The number of benzene rings is 1. The molecule has 0 N–H and O–H groups in total. The highest BCUT2D eigenvalue weighted by Gasteiger charge is 2.32. The van der Waals surface area contributed by atoms with E-state index in [1.54, 1.807) is 12.1 Å². The SMILES string of the molecule is C=CCCc1cc(C(F)(F)F)ccc1[Si](C)(C)C. The Kier molecular flexibility index (Phi) is 4.43. The smallest absolute Gasteiger partial charge is 0.166 e. The molecule has 0 fully saturated rings. The molecule has 0 bridgehead atoms. The molecule has 0 heterocycles. The number of allylic oxidation sites excluding steroid dienone is 1. The third-order valence-corrected chi connectivity index (χ3v) is 4.96. The zero-order chi connectivity index (χ0) is 14.0. The predicted octanol–water partition coefficient (Wildman–Crippen LogP) is 4.37. The van der Waals surface area contributed by atoms with Crippen LogP contribution >= 0.6 is 0 Å². The molecule has 0 atom stereocenters. The van der Waals surface area contributed by atoms with Gasteiger partial charge in [0.25, 0.3) is 0 Å². The molecule has 18 heavy (non-hydrogen) atoms. The van der Waals surface area contributed by atoms with E-state index in [1.165, 1.54) is 12.1 Å². The molecule has 100 valence electrons. The summed E-state index contributed by atoms with van der Waals surface area (Å²) in [5.74, 6) is 0. The van der Waals surface area contributed by atoms with Gasteiger partial charge < -0.3 is 0 Å². The molecule has 0 saturated heterocycles. The molecule has 0 spiro atoms. The molecule has 0 unspecified atom stereocenters. The Morgan fingerprint density at radius 1 is 1.22 bits per heavy atom. The lowest BCUT2D eigenvalue weighted by molar-refractivity contribution is -0.137. The van der Waals surface area contributed by atoms with E-state index in [-0.39, 0.29) is 0 Å². The van der Waals surface area contributed by atoms with Crippen molar-refractivity contribution in [3.63, 3.8) is 0 Å². The van der Waals surface area contributed by atoms with Crippen molar-refractivity contribution < 1.29 is 13.2 Å². The Labute approximate surface area is 108 Å².